The number of aromatic amines is 1. The number of carbonyl (C=O) groups excluding carboxylic acids is 1. The van der Waals surface area contributed by atoms with Crippen molar-refractivity contribution in [2.75, 3.05) is 27.2 Å². The van der Waals surface area contributed by atoms with Gasteiger partial charge in [-0.3, -0.25) is 14.5 Å². The zero-order valence-corrected chi connectivity index (χ0v) is 24.7. The number of carbonyl (C=O) groups is 1. The number of hydrogen-bond acceptors (Lipinski definition) is 5. The maximum absolute atomic E-state index is 13.7. The summed E-state index contributed by atoms with van der Waals surface area (Å²) in [7, 11) is 6.30. The molecule has 5 rings (SSSR count). The summed E-state index contributed by atoms with van der Waals surface area (Å²) in [6.07, 6.45) is 8.07. The zero-order chi connectivity index (χ0) is 28.7. The molecular formula is C31H41N7O2. The van der Waals surface area contributed by atoms with E-state index < -0.39 is 0 Å². The normalized spacial score (nSPS) is 15.7. The van der Waals surface area contributed by atoms with Gasteiger partial charge in [-0.2, -0.15) is 0 Å². The van der Waals surface area contributed by atoms with Crippen LogP contribution in [0.25, 0.3) is 16.8 Å². The van der Waals surface area contributed by atoms with E-state index in [9.17, 15) is 9.59 Å². The van der Waals surface area contributed by atoms with Crippen LogP contribution in [0.5, 0.6) is 0 Å². The molecule has 9 nitrogen and oxygen atoms in total. The van der Waals surface area contributed by atoms with E-state index in [2.05, 4.69) is 62.8 Å². The molecule has 5 heterocycles. The van der Waals surface area contributed by atoms with Gasteiger partial charge in [-0.25, -0.2) is 4.98 Å². The van der Waals surface area contributed by atoms with Crippen molar-refractivity contribution in [1.82, 2.24) is 34.1 Å². The summed E-state index contributed by atoms with van der Waals surface area (Å²) in [6.45, 7) is 10.2. The second kappa shape index (κ2) is 11.1. The molecule has 1 saturated heterocycles. The fourth-order valence-electron chi connectivity index (χ4n) is 6.23. The zero-order valence-electron chi connectivity index (χ0n) is 24.7. The molecule has 4 aromatic heterocycles. The van der Waals surface area contributed by atoms with Crippen LogP contribution in [0, 0.1) is 20.8 Å². The Morgan fingerprint density at radius 1 is 1.18 bits per heavy atom. The van der Waals surface area contributed by atoms with E-state index in [4.69, 9.17) is 0 Å². The largest absolute Gasteiger partial charge is 0.348 e. The number of hydrogen-bond donors (Lipinski definition) is 2. The van der Waals surface area contributed by atoms with Crippen molar-refractivity contribution >= 4 is 11.4 Å². The van der Waals surface area contributed by atoms with Crippen LogP contribution in [0.4, 0.5) is 0 Å². The Morgan fingerprint density at radius 3 is 2.52 bits per heavy atom. The highest BCUT2D eigenvalue weighted by Gasteiger charge is 2.28. The van der Waals surface area contributed by atoms with Gasteiger partial charge in [-0.05, 0) is 84.0 Å². The molecule has 1 amide bonds. The Morgan fingerprint density at radius 2 is 1.90 bits per heavy atom. The lowest BCUT2D eigenvalue weighted by atomic mass is 9.97. The summed E-state index contributed by atoms with van der Waals surface area (Å²) >= 11 is 0. The number of aryl methyl sites for hydroxylation is 3. The summed E-state index contributed by atoms with van der Waals surface area (Å²) in [5.41, 5.74) is 7.84. The van der Waals surface area contributed by atoms with E-state index in [-0.39, 0.29) is 24.1 Å². The SMILES string of the molecule is Cc1cc(C)c(CNC(=O)c2cc3cc(-c4cncn4C)cn3c(C(C)N3CCC(N(C)C)CC3)c2C)c(=O)[nH]1. The maximum Gasteiger partial charge on any atom is 0.253 e. The lowest BCUT2D eigenvalue weighted by Crippen LogP contribution is -2.43. The Kier molecular flexibility index (Phi) is 7.70. The number of fused-ring (bicyclic) bond motifs is 1. The first-order valence-corrected chi connectivity index (χ1v) is 14.1. The van der Waals surface area contributed by atoms with E-state index in [1.54, 1.807) is 6.33 Å². The summed E-state index contributed by atoms with van der Waals surface area (Å²) in [6, 6.07) is 6.73. The number of piperidine rings is 1. The lowest BCUT2D eigenvalue weighted by Gasteiger charge is -2.39. The van der Waals surface area contributed by atoms with E-state index in [0.29, 0.717) is 17.2 Å². The van der Waals surface area contributed by atoms with E-state index >= 15 is 0 Å². The molecule has 1 unspecified atom stereocenters. The molecule has 212 valence electrons. The Hall–Kier alpha value is -3.69. The molecule has 2 N–H and O–H groups in total. The van der Waals surface area contributed by atoms with Gasteiger partial charge in [0.1, 0.15) is 0 Å². The fraction of sp³-hybridized carbons (Fsp3) is 0.452. The van der Waals surface area contributed by atoms with Gasteiger partial charge >= 0.3 is 0 Å². The molecule has 1 aliphatic heterocycles. The van der Waals surface area contributed by atoms with Crippen LogP contribution in [-0.4, -0.2) is 67.9 Å². The molecular weight excluding hydrogens is 502 g/mol. The van der Waals surface area contributed by atoms with Gasteiger partial charge < -0.3 is 24.2 Å². The minimum absolute atomic E-state index is 0.118. The number of rotatable bonds is 7. The average molecular weight is 544 g/mol. The number of H-pyrrole nitrogens is 1. The second-order valence-electron chi connectivity index (χ2n) is 11.5. The number of imidazole rings is 1. The van der Waals surface area contributed by atoms with Gasteiger partial charge in [0.05, 0.1) is 18.2 Å². The Bertz CT molecular complexity index is 1600. The minimum atomic E-state index is -0.178. The molecule has 1 fully saturated rings. The predicted octanol–water partition coefficient (Wildman–Crippen LogP) is 3.97. The van der Waals surface area contributed by atoms with Crippen molar-refractivity contribution in [3.8, 4) is 11.3 Å². The van der Waals surface area contributed by atoms with Crippen LogP contribution in [0.1, 0.15) is 64.2 Å². The third-order valence-electron chi connectivity index (χ3n) is 8.64. The number of amides is 1. The molecule has 9 heteroatoms. The highest BCUT2D eigenvalue weighted by atomic mass is 16.1. The third-order valence-corrected chi connectivity index (χ3v) is 8.64. The van der Waals surface area contributed by atoms with Crippen molar-refractivity contribution in [3.05, 3.63) is 80.9 Å². The van der Waals surface area contributed by atoms with Gasteiger partial charge in [-0.15, -0.1) is 0 Å². The average Bonchev–Trinajstić information content (AvgIpc) is 3.52. The first-order valence-electron chi connectivity index (χ1n) is 14.1. The first kappa shape index (κ1) is 27.9. The fourth-order valence-corrected chi connectivity index (χ4v) is 6.23. The molecule has 0 saturated carbocycles. The first-order chi connectivity index (χ1) is 19.0. The van der Waals surface area contributed by atoms with E-state index in [1.165, 1.54) is 0 Å². The second-order valence-corrected chi connectivity index (χ2v) is 11.5. The maximum atomic E-state index is 13.7. The Labute approximate surface area is 235 Å². The molecule has 0 bridgehead atoms. The molecule has 0 radical (unpaired) electrons. The van der Waals surface area contributed by atoms with Gasteiger partial charge in [-0.1, -0.05) is 0 Å². The topological polar surface area (TPSA) is 90.7 Å². The van der Waals surface area contributed by atoms with E-state index in [1.807, 2.05) is 50.7 Å². The monoisotopic (exact) mass is 543 g/mol. The highest BCUT2D eigenvalue weighted by Crippen LogP contribution is 2.33. The van der Waals surface area contributed by atoms with Crippen LogP contribution in [-0.2, 0) is 13.6 Å². The van der Waals surface area contributed by atoms with Crippen LogP contribution >= 0.6 is 0 Å². The lowest BCUT2D eigenvalue weighted by molar-refractivity contribution is 0.0948. The predicted molar refractivity (Wildman–Crippen MR) is 159 cm³/mol. The van der Waals surface area contributed by atoms with Crippen molar-refractivity contribution in [3.63, 3.8) is 0 Å². The number of pyridine rings is 2. The summed E-state index contributed by atoms with van der Waals surface area (Å²) in [5, 5.41) is 3.03. The molecule has 40 heavy (non-hydrogen) atoms. The molecule has 4 aromatic rings. The number of aromatic nitrogens is 4. The van der Waals surface area contributed by atoms with Gasteiger partial charge in [0.25, 0.3) is 11.5 Å². The number of nitrogens with zero attached hydrogens (tertiary/aromatic N) is 5. The Balaban J connectivity index is 1.53. The number of nitrogens with one attached hydrogen (secondary N) is 2. The molecule has 1 aliphatic rings. The summed E-state index contributed by atoms with van der Waals surface area (Å²) < 4.78 is 4.25. The summed E-state index contributed by atoms with van der Waals surface area (Å²) in [4.78, 5) is 38.2. The van der Waals surface area contributed by atoms with Crippen molar-refractivity contribution in [1.29, 1.82) is 0 Å². The summed E-state index contributed by atoms with van der Waals surface area (Å²) in [5.74, 6) is -0.178. The molecule has 1 atom stereocenters. The quantitative estimate of drug-likeness (QED) is 0.368. The van der Waals surface area contributed by atoms with Crippen molar-refractivity contribution in [2.45, 2.75) is 59.2 Å². The van der Waals surface area contributed by atoms with Crippen LogP contribution in [0.15, 0.2) is 41.7 Å². The van der Waals surface area contributed by atoms with Crippen LogP contribution < -0.4 is 10.9 Å². The van der Waals surface area contributed by atoms with Crippen LogP contribution in [0.3, 0.4) is 0 Å². The molecule has 0 aliphatic carbocycles. The standard InChI is InChI=1S/C31H41N7O2/c1-19-12-20(2)34-31(40)27(19)15-33-30(39)26-14-25-13-23(28-16-32-18-36(28)7)17-38(25)29(21(26)3)22(4)37-10-8-24(9-11-37)35(5)6/h12-14,16-18,22,24H,8-11,15H2,1-7H3,(H,33,39)(H,34,40). The van der Waals surface area contributed by atoms with Gasteiger partial charge in [0, 0.05) is 78.6 Å². The minimum Gasteiger partial charge on any atom is -0.348 e. The molecule has 0 aromatic carbocycles. The van der Waals surface area contributed by atoms with Gasteiger partial charge in [0.2, 0.25) is 0 Å². The highest BCUT2D eigenvalue weighted by molar-refractivity contribution is 5.97. The van der Waals surface area contributed by atoms with Crippen LogP contribution in [0.2, 0.25) is 0 Å². The van der Waals surface area contributed by atoms with Crippen molar-refractivity contribution in [2.24, 2.45) is 7.05 Å². The third kappa shape index (κ3) is 5.23. The van der Waals surface area contributed by atoms with Crippen molar-refractivity contribution < 1.29 is 4.79 Å². The molecule has 0 spiro atoms. The van der Waals surface area contributed by atoms with E-state index in [0.717, 1.165) is 65.2 Å². The number of likely N-dealkylation sites (tertiary alicyclic amines) is 1. The van der Waals surface area contributed by atoms with Gasteiger partial charge in [0.15, 0.2) is 0 Å². The smallest absolute Gasteiger partial charge is 0.253 e.